The molecule has 0 saturated carbocycles. The van der Waals surface area contributed by atoms with E-state index in [0.717, 1.165) is 31.1 Å². The quantitative estimate of drug-likeness (QED) is 0.333. The molecule has 0 unspecified atom stereocenters. The van der Waals surface area contributed by atoms with Gasteiger partial charge < -0.3 is 10.9 Å². The van der Waals surface area contributed by atoms with Crippen molar-refractivity contribution in [3.63, 3.8) is 0 Å². The summed E-state index contributed by atoms with van der Waals surface area (Å²) in [5.74, 6) is 0.799. The molecule has 118 valence electrons. The lowest BCUT2D eigenvalue weighted by atomic mass is 10.0. The minimum Gasteiger partial charge on any atom is -0.409 e. The molecular weight excluding hydrogens is 286 g/mol. The Morgan fingerprint density at radius 2 is 2.00 bits per heavy atom. The van der Waals surface area contributed by atoms with Gasteiger partial charge in [-0.25, -0.2) is 0 Å². The number of halogens is 1. The van der Waals surface area contributed by atoms with Crippen molar-refractivity contribution in [2.24, 2.45) is 16.8 Å². The first kappa shape index (κ1) is 17.8. The van der Waals surface area contributed by atoms with E-state index < -0.39 is 0 Å². The van der Waals surface area contributed by atoms with Crippen molar-refractivity contribution < 1.29 is 5.21 Å². The van der Waals surface area contributed by atoms with E-state index in [1.54, 1.807) is 6.07 Å². The second-order valence-electron chi connectivity index (χ2n) is 5.30. The maximum atomic E-state index is 8.70. The molecule has 0 heterocycles. The standard InChI is InChI=1S/C16H26ClN3O/c1-4-12(5-2)10-20(6-3)11-14-8-7-13(9-15(14)17)16(18)19-21/h7-9,12,21H,4-6,10-11H2,1-3H3,(H2,18,19). The summed E-state index contributed by atoms with van der Waals surface area (Å²) >= 11 is 6.32. The van der Waals surface area contributed by atoms with E-state index in [1.165, 1.54) is 12.8 Å². The highest BCUT2D eigenvalue weighted by molar-refractivity contribution is 6.31. The van der Waals surface area contributed by atoms with Gasteiger partial charge in [0.15, 0.2) is 5.84 Å². The van der Waals surface area contributed by atoms with Crippen LogP contribution in [0.4, 0.5) is 0 Å². The third-order valence-corrected chi connectivity index (χ3v) is 4.32. The molecule has 0 aliphatic carbocycles. The third-order valence-electron chi connectivity index (χ3n) is 3.97. The van der Waals surface area contributed by atoms with Crippen LogP contribution in [0.15, 0.2) is 23.4 Å². The lowest BCUT2D eigenvalue weighted by molar-refractivity contribution is 0.226. The van der Waals surface area contributed by atoms with Crippen molar-refractivity contribution in [1.82, 2.24) is 4.90 Å². The minimum atomic E-state index is 0.0767. The minimum absolute atomic E-state index is 0.0767. The molecule has 0 fully saturated rings. The fraction of sp³-hybridized carbons (Fsp3) is 0.562. The van der Waals surface area contributed by atoms with E-state index >= 15 is 0 Å². The van der Waals surface area contributed by atoms with E-state index in [2.05, 4.69) is 30.8 Å². The molecule has 0 spiro atoms. The van der Waals surface area contributed by atoms with Gasteiger partial charge in [-0.15, -0.1) is 0 Å². The van der Waals surface area contributed by atoms with Gasteiger partial charge in [0.05, 0.1) is 0 Å². The van der Waals surface area contributed by atoms with E-state index in [4.69, 9.17) is 22.5 Å². The summed E-state index contributed by atoms with van der Waals surface area (Å²) in [5.41, 5.74) is 7.28. The Kier molecular flexibility index (Phi) is 7.54. The van der Waals surface area contributed by atoms with Gasteiger partial charge in [-0.3, -0.25) is 4.90 Å². The van der Waals surface area contributed by atoms with Crippen LogP contribution < -0.4 is 5.73 Å². The second kappa shape index (κ2) is 8.90. The number of amidine groups is 1. The van der Waals surface area contributed by atoms with Crippen molar-refractivity contribution in [3.05, 3.63) is 34.3 Å². The average molecular weight is 312 g/mol. The summed E-state index contributed by atoms with van der Waals surface area (Å²) in [7, 11) is 0. The van der Waals surface area contributed by atoms with Crippen LogP contribution in [0.1, 0.15) is 44.7 Å². The summed E-state index contributed by atoms with van der Waals surface area (Å²) in [6, 6.07) is 5.53. The molecule has 0 amide bonds. The Morgan fingerprint density at radius 1 is 1.33 bits per heavy atom. The number of nitrogens with two attached hydrogens (primary N) is 1. The Balaban J connectivity index is 2.81. The molecule has 5 heteroatoms. The fourth-order valence-corrected chi connectivity index (χ4v) is 2.59. The van der Waals surface area contributed by atoms with Crippen molar-refractivity contribution in [2.75, 3.05) is 13.1 Å². The highest BCUT2D eigenvalue weighted by Crippen LogP contribution is 2.21. The third kappa shape index (κ3) is 5.21. The largest absolute Gasteiger partial charge is 0.409 e. The predicted molar refractivity (Wildman–Crippen MR) is 89.0 cm³/mol. The Labute approximate surface area is 132 Å². The van der Waals surface area contributed by atoms with E-state index in [-0.39, 0.29) is 5.84 Å². The van der Waals surface area contributed by atoms with Crippen LogP contribution in [0, 0.1) is 5.92 Å². The second-order valence-corrected chi connectivity index (χ2v) is 5.71. The topological polar surface area (TPSA) is 61.8 Å². The van der Waals surface area contributed by atoms with Crippen LogP contribution in [-0.2, 0) is 6.54 Å². The maximum Gasteiger partial charge on any atom is 0.170 e. The lowest BCUT2D eigenvalue weighted by Crippen LogP contribution is -2.29. The van der Waals surface area contributed by atoms with Gasteiger partial charge in [0.2, 0.25) is 0 Å². The first-order chi connectivity index (χ1) is 10.0. The molecule has 0 aliphatic rings. The van der Waals surface area contributed by atoms with Crippen molar-refractivity contribution in [3.8, 4) is 0 Å². The zero-order valence-electron chi connectivity index (χ0n) is 13.1. The molecule has 1 aromatic rings. The molecule has 0 saturated heterocycles. The van der Waals surface area contributed by atoms with Crippen molar-refractivity contribution in [1.29, 1.82) is 0 Å². The van der Waals surface area contributed by atoms with Gasteiger partial charge in [-0.05, 0) is 24.1 Å². The SMILES string of the molecule is CCC(CC)CN(CC)Cc1ccc(/C(N)=N/O)cc1Cl. The smallest absolute Gasteiger partial charge is 0.170 e. The number of rotatable bonds is 8. The van der Waals surface area contributed by atoms with E-state index in [9.17, 15) is 0 Å². The molecule has 1 aromatic carbocycles. The maximum absolute atomic E-state index is 8.70. The normalized spacial score (nSPS) is 12.4. The number of nitrogens with zero attached hydrogens (tertiary/aromatic N) is 2. The number of benzene rings is 1. The Bertz CT molecular complexity index is 473. The predicted octanol–water partition coefficient (Wildman–Crippen LogP) is 3.69. The van der Waals surface area contributed by atoms with E-state index in [0.29, 0.717) is 10.6 Å². The van der Waals surface area contributed by atoms with Crippen LogP contribution in [0.3, 0.4) is 0 Å². The molecular formula is C16H26ClN3O. The molecule has 21 heavy (non-hydrogen) atoms. The molecule has 0 aliphatic heterocycles. The summed E-state index contributed by atoms with van der Waals surface area (Å²) < 4.78 is 0. The fourth-order valence-electron chi connectivity index (χ4n) is 2.35. The monoisotopic (exact) mass is 311 g/mol. The average Bonchev–Trinajstić information content (AvgIpc) is 2.51. The molecule has 1 rings (SSSR count). The van der Waals surface area contributed by atoms with Crippen LogP contribution in [0.5, 0.6) is 0 Å². The molecule has 0 aromatic heterocycles. The Morgan fingerprint density at radius 3 is 2.48 bits per heavy atom. The number of oxime groups is 1. The van der Waals surface area contributed by atoms with Crippen LogP contribution in [0.25, 0.3) is 0 Å². The van der Waals surface area contributed by atoms with Gasteiger partial charge in [0.25, 0.3) is 0 Å². The first-order valence-corrected chi connectivity index (χ1v) is 7.92. The number of hydrogen-bond acceptors (Lipinski definition) is 3. The molecule has 0 atom stereocenters. The van der Waals surface area contributed by atoms with E-state index in [1.807, 2.05) is 12.1 Å². The van der Waals surface area contributed by atoms with Gasteiger partial charge in [0, 0.05) is 23.7 Å². The van der Waals surface area contributed by atoms with Crippen molar-refractivity contribution >= 4 is 17.4 Å². The van der Waals surface area contributed by atoms with Gasteiger partial charge in [0.1, 0.15) is 0 Å². The van der Waals surface area contributed by atoms with Crippen LogP contribution in [0.2, 0.25) is 5.02 Å². The van der Waals surface area contributed by atoms with Gasteiger partial charge in [-0.2, -0.15) is 0 Å². The molecule has 0 bridgehead atoms. The highest BCUT2D eigenvalue weighted by atomic mass is 35.5. The van der Waals surface area contributed by atoms with Gasteiger partial charge >= 0.3 is 0 Å². The summed E-state index contributed by atoms with van der Waals surface area (Å²) in [5, 5.41) is 12.3. The molecule has 3 N–H and O–H groups in total. The van der Waals surface area contributed by atoms with Crippen LogP contribution in [-0.4, -0.2) is 29.0 Å². The summed E-state index contributed by atoms with van der Waals surface area (Å²) in [6.45, 7) is 9.54. The van der Waals surface area contributed by atoms with Gasteiger partial charge in [-0.1, -0.05) is 62.5 Å². The first-order valence-electron chi connectivity index (χ1n) is 7.54. The van der Waals surface area contributed by atoms with Crippen LogP contribution >= 0.6 is 11.6 Å². The summed E-state index contributed by atoms with van der Waals surface area (Å²) in [4.78, 5) is 2.40. The highest BCUT2D eigenvalue weighted by Gasteiger charge is 2.12. The molecule has 4 nitrogen and oxygen atoms in total. The van der Waals surface area contributed by atoms with Crippen molar-refractivity contribution in [2.45, 2.75) is 40.2 Å². The summed E-state index contributed by atoms with van der Waals surface area (Å²) in [6.07, 6.45) is 2.40. The number of hydrogen-bond donors (Lipinski definition) is 2. The zero-order chi connectivity index (χ0) is 15.8. The Hall–Kier alpha value is -1.26. The molecule has 0 radical (unpaired) electrons. The lowest BCUT2D eigenvalue weighted by Gasteiger charge is -2.25. The zero-order valence-corrected chi connectivity index (χ0v) is 13.9.